The van der Waals surface area contributed by atoms with Crippen molar-refractivity contribution < 1.29 is 9.90 Å². The molecule has 0 aromatic carbocycles. The quantitative estimate of drug-likeness (QED) is 0.639. The van der Waals surface area contributed by atoms with Gasteiger partial charge >= 0.3 is 5.97 Å². The lowest BCUT2D eigenvalue weighted by molar-refractivity contribution is -0.143. The minimum atomic E-state index is -0.745. The number of hydrogen-bond donors (Lipinski definition) is 2. The smallest absolute Gasteiger partial charge is 0.308 e. The summed E-state index contributed by atoms with van der Waals surface area (Å²) >= 11 is 0. The molecule has 3 heteroatoms. The van der Waals surface area contributed by atoms with Gasteiger partial charge in [0.25, 0.3) is 0 Å². The molecule has 0 saturated heterocycles. The Hall–Kier alpha value is -0.570. The van der Waals surface area contributed by atoms with Crippen LogP contribution in [0.25, 0.3) is 0 Å². The Morgan fingerprint density at radius 1 is 1.46 bits per heavy atom. The molecule has 78 valence electrons. The van der Waals surface area contributed by atoms with Crippen LogP contribution in [0.2, 0.25) is 0 Å². The zero-order valence-corrected chi connectivity index (χ0v) is 8.62. The van der Waals surface area contributed by atoms with Crippen molar-refractivity contribution in [1.82, 2.24) is 0 Å². The van der Waals surface area contributed by atoms with E-state index in [0.717, 1.165) is 25.7 Å². The van der Waals surface area contributed by atoms with Crippen molar-refractivity contribution in [2.24, 2.45) is 17.6 Å². The Kier molecular flexibility index (Phi) is 6.59. The highest BCUT2D eigenvalue weighted by Gasteiger charge is 2.24. The third kappa shape index (κ3) is 4.27. The fraction of sp³-hybridized carbons (Fsp3) is 0.900. The van der Waals surface area contributed by atoms with Crippen molar-refractivity contribution in [2.75, 3.05) is 6.54 Å². The van der Waals surface area contributed by atoms with Crippen LogP contribution in [-0.2, 0) is 4.79 Å². The fourth-order valence-corrected chi connectivity index (χ4v) is 1.65. The predicted octanol–water partition coefficient (Wildman–Crippen LogP) is 1.86. The van der Waals surface area contributed by atoms with E-state index < -0.39 is 5.97 Å². The van der Waals surface area contributed by atoms with Gasteiger partial charge in [-0.3, -0.25) is 4.79 Å². The maximum absolute atomic E-state index is 10.8. The van der Waals surface area contributed by atoms with Crippen LogP contribution in [-0.4, -0.2) is 17.6 Å². The molecular weight excluding hydrogens is 166 g/mol. The van der Waals surface area contributed by atoms with E-state index in [0.29, 0.717) is 0 Å². The van der Waals surface area contributed by atoms with Crippen LogP contribution in [0, 0.1) is 11.8 Å². The summed E-state index contributed by atoms with van der Waals surface area (Å²) in [6.45, 7) is 4.41. The van der Waals surface area contributed by atoms with E-state index in [4.69, 9.17) is 10.8 Å². The molecule has 0 bridgehead atoms. The third-order valence-corrected chi connectivity index (χ3v) is 2.59. The molecule has 0 heterocycles. The van der Waals surface area contributed by atoms with Gasteiger partial charge in [-0.1, -0.05) is 33.1 Å². The van der Waals surface area contributed by atoms with Gasteiger partial charge in [-0.2, -0.15) is 0 Å². The number of hydrogen-bond acceptors (Lipinski definition) is 2. The van der Waals surface area contributed by atoms with Crippen molar-refractivity contribution in [1.29, 1.82) is 0 Å². The highest BCUT2D eigenvalue weighted by Crippen LogP contribution is 2.21. The first kappa shape index (κ1) is 12.4. The number of unbranched alkanes of at least 4 members (excludes halogenated alkanes) is 1. The summed E-state index contributed by atoms with van der Waals surface area (Å²) in [7, 11) is 0. The molecule has 0 amide bonds. The van der Waals surface area contributed by atoms with Gasteiger partial charge in [0.1, 0.15) is 0 Å². The molecule has 0 spiro atoms. The fourth-order valence-electron chi connectivity index (χ4n) is 1.65. The first-order chi connectivity index (χ1) is 6.17. The minimum Gasteiger partial charge on any atom is -0.481 e. The molecule has 2 atom stereocenters. The molecule has 0 aromatic heterocycles. The Morgan fingerprint density at radius 2 is 2.08 bits per heavy atom. The predicted molar refractivity (Wildman–Crippen MR) is 53.5 cm³/mol. The van der Waals surface area contributed by atoms with Crippen LogP contribution in [0.3, 0.4) is 0 Å². The monoisotopic (exact) mass is 187 g/mol. The van der Waals surface area contributed by atoms with Crippen LogP contribution in [0.15, 0.2) is 0 Å². The second-order valence-corrected chi connectivity index (χ2v) is 3.49. The topological polar surface area (TPSA) is 63.3 Å². The van der Waals surface area contributed by atoms with Gasteiger partial charge in [-0.15, -0.1) is 0 Å². The van der Waals surface area contributed by atoms with Gasteiger partial charge < -0.3 is 10.8 Å². The summed E-state index contributed by atoms with van der Waals surface area (Å²) < 4.78 is 0. The van der Waals surface area contributed by atoms with Gasteiger partial charge in [-0.05, 0) is 12.3 Å². The number of carboxylic acid groups (broad SMARTS) is 1. The zero-order chi connectivity index (χ0) is 10.3. The van der Waals surface area contributed by atoms with E-state index in [-0.39, 0.29) is 18.4 Å². The Bertz CT molecular complexity index is 148. The molecule has 0 aliphatic rings. The zero-order valence-electron chi connectivity index (χ0n) is 8.62. The van der Waals surface area contributed by atoms with Gasteiger partial charge in [0.05, 0.1) is 5.92 Å². The normalized spacial score (nSPS) is 15.3. The molecule has 0 saturated carbocycles. The number of rotatable bonds is 7. The van der Waals surface area contributed by atoms with Gasteiger partial charge in [0.15, 0.2) is 0 Å². The van der Waals surface area contributed by atoms with E-state index in [9.17, 15) is 4.79 Å². The van der Waals surface area contributed by atoms with Crippen molar-refractivity contribution >= 4 is 5.97 Å². The van der Waals surface area contributed by atoms with Gasteiger partial charge in [-0.25, -0.2) is 0 Å². The Morgan fingerprint density at radius 3 is 2.38 bits per heavy atom. The summed E-state index contributed by atoms with van der Waals surface area (Å²) in [4.78, 5) is 10.8. The highest BCUT2D eigenvalue weighted by atomic mass is 16.4. The molecule has 0 aliphatic carbocycles. The van der Waals surface area contributed by atoms with Gasteiger partial charge in [0.2, 0.25) is 0 Å². The van der Waals surface area contributed by atoms with Crippen LogP contribution in [0.5, 0.6) is 0 Å². The minimum absolute atomic E-state index is 0.252. The number of carboxylic acids is 1. The average molecular weight is 187 g/mol. The second-order valence-electron chi connectivity index (χ2n) is 3.49. The van der Waals surface area contributed by atoms with Crippen LogP contribution in [0.1, 0.15) is 39.5 Å². The standard InChI is InChI=1S/C10H21NO2/c1-3-5-6-8(4-2)9(7-11)10(12)13/h8-9H,3-7,11H2,1-2H3,(H,12,13). The van der Waals surface area contributed by atoms with Crippen LogP contribution < -0.4 is 5.73 Å². The number of aliphatic carboxylic acids is 1. The SMILES string of the molecule is CCCCC(CC)C(CN)C(=O)O. The lowest BCUT2D eigenvalue weighted by atomic mass is 9.86. The van der Waals surface area contributed by atoms with Crippen molar-refractivity contribution in [3.63, 3.8) is 0 Å². The third-order valence-electron chi connectivity index (χ3n) is 2.59. The maximum atomic E-state index is 10.8. The van der Waals surface area contributed by atoms with E-state index in [1.807, 2.05) is 6.92 Å². The van der Waals surface area contributed by atoms with Crippen LogP contribution >= 0.6 is 0 Å². The molecule has 13 heavy (non-hydrogen) atoms. The highest BCUT2D eigenvalue weighted by molar-refractivity contribution is 5.70. The van der Waals surface area contributed by atoms with E-state index in [1.54, 1.807) is 0 Å². The van der Waals surface area contributed by atoms with E-state index in [1.165, 1.54) is 0 Å². The van der Waals surface area contributed by atoms with E-state index >= 15 is 0 Å². The second kappa shape index (κ2) is 6.89. The van der Waals surface area contributed by atoms with Crippen molar-refractivity contribution in [3.05, 3.63) is 0 Å². The summed E-state index contributed by atoms with van der Waals surface area (Å²) in [5.41, 5.74) is 5.44. The summed E-state index contributed by atoms with van der Waals surface area (Å²) in [6.07, 6.45) is 4.12. The molecule has 0 radical (unpaired) electrons. The Balaban J connectivity index is 4.08. The lowest BCUT2D eigenvalue weighted by Gasteiger charge is -2.20. The largest absolute Gasteiger partial charge is 0.481 e. The number of nitrogens with two attached hydrogens (primary N) is 1. The van der Waals surface area contributed by atoms with Gasteiger partial charge in [0, 0.05) is 6.54 Å². The van der Waals surface area contributed by atoms with Crippen molar-refractivity contribution in [3.8, 4) is 0 Å². The lowest BCUT2D eigenvalue weighted by Crippen LogP contribution is -2.30. The molecule has 0 aliphatic heterocycles. The maximum Gasteiger partial charge on any atom is 0.308 e. The van der Waals surface area contributed by atoms with Crippen LogP contribution in [0.4, 0.5) is 0 Å². The van der Waals surface area contributed by atoms with E-state index in [2.05, 4.69) is 6.92 Å². The van der Waals surface area contributed by atoms with Crippen molar-refractivity contribution in [2.45, 2.75) is 39.5 Å². The summed E-state index contributed by atoms with van der Waals surface area (Å²) in [6, 6.07) is 0. The molecular formula is C10H21NO2. The molecule has 0 aromatic rings. The molecule has 0 fully saturated rings. The first-order valence-corrected chi connectivity index (χ1v) is 5.10. The first-order valence-electron chi connectivity index (χ1n) is 5.10. The molecule has 3 N–H and O–H groups in total. The summed E-state index contributed by atoms with van der Waals surface area (Å²) in [5, 5.41) is 8.89. The number of carbonyl (C=O) groups is 1. The Labute approximate surface area is 80.3 Å². The average Bonchev–Trinajstić information content (AvgIpc) is 2.11. The molecule has 3 nitrogen and oxygen atoms in total. The summed E-state index contributed by atoms with van der Waals surface area (Å²) in [5.74, 6) is -0.843. The molecule has 2 unspecified atom stereocenters. The molecule has 0 rings (SSSR count).